The number of rotatable bonds is 4. The summed E-state index contributed by atoms with van der Waals surface area (Å²) in [5.74, 6) is -1.57. The summed E-state index contributed by atoms with van der Waals surface area (Å²) in [6.45, 7) is -0.262. The van der Waals surface area contributed by atoms with Crippen molar-refractivity contribution in [3.63, 3.8) is 0 Å². The summed E-state index contributed by atoms with van der Waals surface area (Å²) in [4.78, 5) is 0. The predicted octanol–water partition coefficient (Wildman–Crippen LogP) is 2.22. The van der Waals surface area contributed by atoms with Crippen molar-refractivity contribution in [1.29, 1.82) is 0 Å². The number of hydrogen-bond donors (Lipinski definition) is 1. The molecule has 1 saturated heterocycles. The van der Waals surface area contributed by atoms with Crippen molar-refractivity contribution in [3.05, 3.63) is 35.6 Å². The van der Waals surface area contributed by atoms with Crippen molar-refractivity contribution in [1.82, 2.24) is 4.31 Å². The molecular formula is C13H15F4NO3S. The number of aliphatic hydroxyl groups excluding tert-OH is 1. The normalized spacial score (nSPS) is 23.9. The lowest BCUT2D eigenvalue weighted by atomic mass is 10.0. The van der Waals surface area contributed by atoms with E-state index in [4.69, 9.17) is 0 Å². The van der Waals surface area contributed by atoms with Crippen molar-refractivity contribution >= 4 is 10.0 Å². The second-order valence-corrected chi connectivity index (χ2v) is 7.25. The van der Waals surface area contributed by atoms with Gasteiger partial charge in [-0.15, -0.1) is 0 Å². The molecule has 2 rings (SSSR count). The van der Waals surface area contributed by atoms with E-state index in [1.807, 2.05) is 0 Å². The van der Waals surface area contributed by atoms with Crippen molar-refractivity contribution in [2.45, 2.75) is 31.2 Å². The zero-order chi connectivity index (χ0) is 16.5. The Kier molecular flexibility index (Phi) is 4.78. The average molecular weight is 341 g/mol. The topological polar surface area (TPSA) is 57.6 Å². The van der Waals surface area contributed by atoms with Crippen LogP contribution < -0.4 is 0 Å². The van der Waals surface area contributed by atoms with E-state index in [-0.39, 0.29) is 13.0 Å². The molecule has 0 aliphatic carbocycles. The zero-order valence-corrected chi connectivity index (χ0v) is 12.2. The summed E-state index contributed by atoms with van der Waals surface area (Å²) in [7, 11) is -4.17. The summed E-state index contributed by atoms with van der Waals surface area (Å²) in [5.41, 5.74) is 0.438. The third kappa shape index (κ3) is 4.17. The Morgan fingerprint density at radius 1 is 1.23 bits per heavy atom. The fourth-order valence-electron chi connectivity index (χ4n) is 2.44. The summed E-state index contributed by atoms with van der Waals surface area (Å²) >= 11 is 0. The highest BCUT2D eigenvalue weighted by Crippen LogP contribution is 2.35. The quantitative estimate of drug-likeness (QED) is 0.855. The summed E-state index contributed by atoms with van der Waals surface area (Å²) in [6, 6.07) is 4.23. The average Bonchev–Trinajstić information content (AvgIpc) is 2.80. The van der Waals surface area contributed by atoms with Crippen molar-refractivity contribution in [2.75, 3.05) is 12.3 Å². The minimum Gasteiger partial charge on any atom is -0.392 e. The Morgan fingerprint density at radius 2 is 1.82 bits per heavy atom. The van der Waals surface area contributed by atoms with Gasteiger partial charge in [-0.3, -0.25) is 0 Å². The molecule has 1 aromatic carbocycles. The van der Waals surface area contributed by atoms with Gasteiger partial charge in [-0.25, -0.2) is 12.8 Å². The molecule has 1 aliphatic heterocycles. The molecule has 0 saturated carbocycles. The first-order valence-electron chi connectivity index (χ1n) is 6.58. The van der Waals surface area contributed by atoms with Crippen LogP contribution in [-0.2, 0) is 10.0 Å². The van der Waals surface area contributed by atoms with E-state index in [9.17, 15) is 31.1 Å². The van der Waals surface area contributed by atoms with Crippen molar-refractivity contribution < 1.29 is 31.1 Å². The van der Waals surface area contributed by atoms with Crippen molar-refractivity contribution in [2.24, 2.45) is 0 Å². The van der Waals surface area contributed by atoms with Gasteiger partial charge in [-0.05, 0) is 24.1 Å². The molecule has 9 heteroatoms. The molecule has 0 spiro atoms. The van der Waals surface area contributed by atoms with Crippen LogP contribution in [0.3, 0.4) is 0 Å². The summed E-state index contributed by atoms with van der Waals surface area (Å²) in [5, 5.41) is 9.67. The summed E-state index contributed by atoms with van der Waals surface area (Å²) in [6.07, 6.45) is -6.91. The van der Waals surface area contributed by atoms with Crippen LogP contribution in [0.1, 0.15) is 24.4 Å². The first-order valence-corrected chi connectivity index (χ1v) is 8.19. The van der Waals surface area contributed by atoms with E-state index in [2.05, 4.69) is 0 Å². The second kappa shape index (κ2) is 6.13. The molecule has 1 aliphatic rings. The van der Waals surface area contributed by atoms with Crippen LogP contribution in [-0.4, -0.2) is 42.4 Å². The van der Waals surface area contributed by atoms with E-state index in [1.54, 1.807) is 0 Å². The molecule has 0 bridgehead atoms. The lowest BCUT2D eigenvalue weighted by Crippen LogP contribution is -2.35. The van der Waals surface area contributed by atoms with Crippen LogP contribution in [0.2, 0.25) is 0 Å². The van der Waals surface area contributed by atoms with Gasteiger partial charge >= 0.3 is 6.18 Å². The maximum atomic E-state index is 12.9. The fraction of sp³-hybridized carbons (Fsp3) is 0.538. The minimum absolute atomic E-state index is 0.0663. The van der Waals surface area contributed by atoms with Gasteiger partial charge in [0.2, 0.25) is 10.0 Å². The Morgan fingerprint density at radius 3 is 2.36 bits per heavy atom. The number of aliphatic hydroxyl groups is 1. The smallest absolute Gasteiger partial charge is 0.390 e. The molecule has 1 aromatic rings. The Labute approximate surface area is 125 Å². The van der Waals surface area contributed by atoms with Gasteiger partial charge in [-0.2, -0.15) is 17.5 Å². The van der Waals surface area contributed by atoms with Crippen LogP contribution in [0.4, 0.5) is 17.6 Å². The van der Waals surface area contributed by atoms with Gasteiger partial charge in [0, 0.05) is 6.54 Å². The molecule has 124 valence electrons. The number of β-amino-alcohol motifs (C(OH)–C–C–N with tert-alkyl or cyclic N) is 1. The Bertz CT molecular complexity index is 615. The van der Waals surface area contributed by atoms with Crippen molar-refractivity contribution in [3.8, 4) is 0 Å². The monoisotopic (exact) mass is 341 g/mol. The van der Waals surface area contributed by atoms with Crippen LogP contribution >= 0.6 is 0 Å². The number of sulfonamides is 1. The van der Waals surface area contributed by atoms with E-state index in [0.717, 1.165) is 16.4 Å². The van der Waals surface area contributed by atoms with Gasteiger partial charge in [0.05, 0.1) is 24.3 Å². The lowest BCUT2D eigenvalue weighted by molar-refractivity contribution is -0.130. The highest BCUT2D eigenvalue weighted by atomic mass is 32.2. The highest BCUT2D eigenvalue weighted by molar-refractivity contribution is 7.89. The lowest BCUT2D eigenvalue weighted by Gasteiger charge is -2.24. The molecule has 2 atom stereocenters. The standard InChI is InChI=1S/C13H15F4NO3S/c14-10-3-1-9(2-4-10)12-7-11(19)8-18(12)22(20,21)6-5-13(15,16)17/h1-4,11-12,19H,5-8H2/t11-,12-/m0/s1. The minimum atomic E-state index is -4.57. The molecule has 0 radical (unpaired) electrons. The first kappa shape index (κ1) is 17.2. The number of hydrogen-bond acceptors (Lipinski definition) is 3. The number of alkyl halides is 3. The zero-order valence-electron chi connectivity index (χ0n) is 11.4. The largest absolute Gasteiger partial charge is 0.392 e. The maximum absolute atomic E-state index is 12.9. The highest BCUT2D eigenvalue weighted by Gasteiger charge is 2.41. The number of halogens is 4. The van der Waals surface area contributed by atoms with Gasteiger partial charge in [0.1, 0.15) is 5.82 Å². The molecule has 4 nitrogen and oxygen atoms in total. The first-order chi connectivity index (χ1) is 10.1. The van der Waals surface area contributed by atoms with Gasteiger partial charge in [0.25, 0.3) is 0 Å². The molecule has 22 heavy (non-hydrogen) atoms. The number of benzene rings is 1. The number of nitrogens with zero attached hydrogens (tertiary/aromatic N) is 1. The van der Waals surface area contributed by atoms with E-state index in [0.29, 0.717) is 5.56 Å². The molecule has 0 amide bonds. The Hall–Kier alpha value is -1.19. The molecular weight excluding hydrogens is 326 g/mol. The van der Waals surface area contributed by atoms with Crippen LogP contribution in [0, 0.1) is 5.82 Å². The van der Waals surface area contributed by atoms with E-state index in [1.165, 1.54) is 12.1 Å². The predicted molar refractivity (Wildman–Crippen MR) is 70.9 cm³/mol. The third-order valence-corrected chi connectivity index (χ3v) is 5.33. The van der Waals surface area contributed by atoms with E-state index >= 15 is 0 Å². The molecule has 0 unspecified atom stereocenters. The van der Waals surface area contributed by atoms with Crippen LogP contribution in [0.15, 0.2) is 24.3 Å². The van der Waals surface area contributed by atoms with Gasteiger partial charge in [0.15, 0.2) is 0 Å². The molecule has 1 N–H and O–H groups in total. The molecule has 1 heterocycles. The fourth-order valence-corrected chi connectivity index (χ4v) is 4.16. The maximum Gasteiger partial charge on any atom is 0.390 e. The molecule has 1 fully saturated rings. The van der Waals surface area contributed by atoms with Crippen LogP contribution in [0.25, 0.3) is 0 Å². The summed E-state index contributed by atoms with van der Waals surface area (Å²) < 4.78 is 74.8. The Balaban J connectivity index is 2.21. The van der Waals surface area contributed by atoms with E-state index < -0.39 is 46.3 Å². The van der Waals surface area contributed by atoms with Gasteiger partial charge in [-0.1, -0.05) is 12.1 Å². The third-order valence-electron chi connectivity index (χ3n) is 3.49. The SMILES string of the molecule is O=S(=O)(CCC(F)(F)F)N1C[C@@H](O)C[C@H]1c1ccc(F)cc1. The molecule has 0 aromatic heterocycles. The van der Waals surface area contributed by atoms with Gasteiger partial charge < -0.3 is 5.11 Å². The second-order valence-electron chi connectivity index (χ2n) is 5.21. The van der Waals surface area contributed by atoms with Crippen LogP contribution in [0.5, 0.6) is 0 Å².